The number of hydrogen-bond acceptors (Lipinski definition) is 2. The third-order valence-electron chi connectivity index (χ3n) is 2.63. The molecule has 0 atom stereocenters. The zero-order chi connectivity index (χ0) is 12.4. The highest BCUT2D eigenvalue weighted by atomic mass is 16.5. The van der Waals surface area contributed by atoms with Gasteiger partial charge in [-0.15, -0.1) is 0 Å². The Kier molecular flexibility index (Phi) is 3.18. The van der Waals surface area contributed by atoms with Crippen LogP contribution in [0.25, 0.3) is 5.69 Å². The van der Waals surface area contributed by atoms with Crippen molar-refractivity contribution >= 4 is 0 Å². The number of hydrogen-bond donors (Lipinski definition) is 0. The van der Waals surface area contributed by atoms with Crippen molar-refractivity contribution in [3.05, 3.63) is 41.5 Å². The molecule has 0 saturated carbocycles. The molecule has 0 spiro atoms. The summed E-state index contributed by atoms with van der Waals surface area (Å²) >= 11 is 0. The van der Waals surface area contributed by atoms with Crippen LogP contribution >= 0.6 is 0 Å². The molecule has 0 radical (unpaired) electrons. The fraction of sp³-hybridized carbons (Fsp3) is 0.357. The maximum absolute atomic E-state index is 5.66. The molecule has 0 saturated heterocycles. The lowest BCUT2D eigenvalue weighted by molar-refractivity contribution is 0.279. The highest BCUT2D eigenvalue weighted by Gasteiger charge is 2.17. The van der Waals surface area contributed by atoms with Crippen LogP contribution in [0.3, 0.4) is 0 Å². The van der Waals surface area contributed by atoms with Crippen LogP contribution in [0.2, 0.25) is 0 Å². The molecule has 3 heteroatoms. The summed E-state index contributed by atoms with van der Waals surface area (Å²) in [6.45, 7) is 8.63. The molecular weight excluding hydrogens is 212 g/mol. The number of imidazole rings is 1. The lowest BCUT2D eigenvalue weighted by Gasteiger charge is -2.19. The van der Waals surface area contributed by atoms with Crippen LogP contribution in [0, 0.1) is 13.8 Å². The molecule has 1 aliphatic heterocycles. The minimum absolute atomic E-state index is 0.560. The fourth-order valence-corrected chi connectivity index (χ4v) is 1.94. The van der Waals surface area contributed by atoms with Gasteiger partial charge in [-0.1, -0.05) is 19.9 Å². The highest BCUT2D eigenvalue weighted by Crippen LogP contribution is 2.30. The Morgan fingerprint density at radius 1 is 1.24 bits per heavy atom. The summed E-state index contributed by atoms with van der Waals surface area (Å²) in [4.78, 5) is 4.41. The summed E-state index contributed by atoms with van der Waals surface area (Å²) in [5, 5.41) is 0. The van der Waals surface area contributed by atoms with Gasteiger partial charge in [0.1, 0.15) is 12.4 Å². The summed E-state index contributed by atoms with van der Waals surface area (Å²) in [6.07, 6.45) is 2.05. The molecule has 0 unspecified atom stereocenters. The maximum atomic E-state index is 5.66. The minimum atomic E-state index is 0.560. The van der Waals surface area contributed by atoms with Crippen LogP contribution < -0.4 is 4.74 Å². The summed E-state index contributed by atoms with van der Waals surface area (Å²) in [5.41, 5.74) is 3.33. The number of ether oxygens (including phenoxy) is 1. The van der Waals surface area contributed by atoms with Crippen molar-refractivity contribution in [2.45, 2.75) is 34.3 Å². The first kappa shape index (κ1) is 11.7. The van der Waals surface area contributed by atoms with E-state index in [9.17, 15) is 0 Å². The molecule has 2 heterocycles. The Hall–Kier alpha value is -1.77. The monoisotopic (exact) mass is 230 g/mol. The van der Waals surface area contributed by atoms with E-state index < -0.39 is 0 Å². The van der Waals surface area contributed by atoms with Crippen molar-refractivity contribution < 1.29 is 4.74 Å². The van der Waals surface area contributed by atoms with Crippen molar-refractivity contribution in [2.24, 2.45) is 0 Å². The molecule has 90 valence electrons. The van der Waals surface area contributed by atoms with Crippen molar-refractivity contribution in [1.82, 2.24) is 9.55 Å². The Labute approximate surface area is 102 Å². The van der Waals surface area contributed by atoms with Gasteiger partial charge in [-0.2, -0.15) is 0 Å². The normalized spacial score (nSPS) is 11.8. The Morgan fingerprint density at radius 3 is 2.76 bits per heavy atom. The smallest absolute Gasteiger partial charge is 0.151 e. The van der Waals surface area contributed by atoms with E-state index in [1.165, 1.54) is 5.56 Å². The maximum Gasteiger partial charge on any atom is 0.151 e. The van der Waals surface area contributed by atoms with Gasteiger partial charge in [-0.25, -0.2) is 4.98 Å². The second-order valence-electron chi connectivity index (χ2n) is 3.93. The molecule has 0 amide bonds. The largest absolute Gasteiger partial charge is 0.483 e. The van der Waals surface area contributed by atoms with Crippen LogP contribution in [0.1, 0.15) is 30.9 Å². The van der Waals surface area contributed by atoms with Crippen molar-refractivity contribution in [3.63, 3.8) is 0 Å². The quantitative estimate of drug-likeness (QED) is 0.693. The zero-order valence-electron chi connectivity index (χ0n) is 10.8. The molecule has 2 aromatic rings. The molecular formula is C14H18N2O. The Morgan fingerprint density at radius 2 is 2.00 bits per heavy atom. The molecule has 1 aromatic carbocycles. The summed E-state index contributed by atoms with van der Waals surface area (Å²) in [5.74, 6) is 1.92. The number of rotatable bonds is 0. The number of fused-ring (bicyclic) bond motifs is 3. The number of aromatic nitrogens is 2. The van der Waals surface area contributed by atoms with E-state index in [0.29, 0.717) is 6.61 Å². The van der Waals surface area contributed by atoms with E-state index in [-0.39, 0.29) is 0 Å². The second-order valence-corrected chi connectivity index (χ2v) is 3.93. The first-order valence-corrected chi connectivity index (χ1v) is 6.03. The third-order valence-corrected chi connectivity index (χ3v) is 2.63. The molecule has 0 fully saturated rings. The van der Waals surface area contributed by atoms with E-state index in [0.717, 1.165) is 23.0 Å². The van der Waals surface area contributed by atoms with Crippen molar-refractivity contribution in [1.29, 1.82) is 0 Å². The van der Waals surface area contributed by atoms with Gasteiger partial charge in [-0.3, -0.25) is 4.57 Å². The van der Waals surface area contributed by atoms with Gasteiger partial charge in [-0.05, 0) is 31.5 Å². The van der Waals surface area contributed by atoms with Crippen LogP contribution in [-0.4, -0.2) is 9.55 Å². The minimum Gasteiger partial charge on any atom is -0.483 e. The predicted octanol–water partition coefficient (Wildman–Crippen LogP) is 3.41. The van der Waals surface area contributed by atoms with E-state index >= 15 is 0 Å². The molecule has 0 N–H and O–H groups in total. The van der Waals surface area contributed by atoms with Crippen molar-refractivity contribution in [2.75, 3.05) is 0 Å². The lowest BCUT2D eigenvalue weighted by atomic mass is 10.2. The van der Waals surface area contributed by atoms with Gasteiger partial charge in [0.2, 0.25) is 0 Å². The predicted molar refractivity (Wildman–Crippen MR) is 68.7 cm³/mol. The summed E-state index contributed by atoms with van der Waals surface area (Å²) < 4.78 is 7.77. The fourth-order valence-electron chi connectivity index (χ4n) is 1.94. The van der Waals surface area contributed by atoms with Gasteiger partial charge >= 0.3 is 0 Å². The molecule has 0 bridgehead atoms. The molecule has 0 aliphatic carbocycles. The Bertz CT molecular complexity index is 529. The molecule has 1 aliphatic rings. The van der Waals surface area contributed by atoms with Crippen molar-refractivity contribution in [3.8, 4) is 11.4 Å². The average Bonchev–Trinajstić information content (AvgIpc) is 2.72. The number of benzene rings is 1. The van der Waals surface area contributed by atoms with Gasteiger partial charge in [0.15, 0.2) is 5.82 Å². The first-order chi connectivity index (χ1) is 8.24. The number of nitrogens with zero attached hydrogens (tertiary/aromatic N) is 2. The summed E-state index contributed by atoms with van der Waals surface area (Å²) in [7, 11) is 0. The van der Waals surface area contributed by atoms with Crippen LogP contribution in [0.15, 0.2) is 24.4 Å². The summed E-state index contributed by atoms with van der Waals surface area (Å²) in [6, 6.07) is 6.23. The van der Waals surface area contributed by atoms with Gasteiger partial charge in [0, 0.05) is 6.20 Å². The number of aryl methyl sites for hydroxylation is 2. The topological polar surface area (TPSA) is 27.1 Å². The van der Waals surface area contributed by atoms with E-state index in [1.54, 1.807) is 0 Å². The third kappa shape index (κ3) is 2.05. The molecule has 1 aromatic heterocycles. The Balaban J connectivity index is 0.000000514. The standard InChI is InChI=1S/C12H12N2O.C2H6/c1-8-3-4-10-11(5-8)15-7-12-13-9(2)6-14(10)12;1-2/h3-6H,7H2,1-2H3;1-2H3. The second kappa shape index (κ2) is 4.62. The molecule has 3 rings (SSSR count). The zero-order valence-corrected chi connectivity index (χ0v) is 10.8. The molecule has 3 nitrogen and oxygen atoms in total. The van der Waals surface area contributed by atoms with Crippen LogP contribution in [-0.2, 0) is 6.61 Å². The van der Waals surface area contributed by atoms with Crippen LogP contribution in [0.5, 0.6) is 5.75 Å². The van der Waals surface area contributed by atoms with Gasteiger partial charge in [0.25, 0.3) is 0 Å². The highest BCUT2D eigenvalue weighted by molar-refractivity contribution is 5.51. The van der Waals surface area contributed by atoms with E-state index in [1.807, 2.05) is 27.0 Å². The average molecular weight is 230 g/mol. The van der Waals surface area contributed by atoms with Gasteiger partial charge < -0.3 is 4.74 Å². The SMILES string of the molecule is CC.Cc1ccc2c(c1)OCc1nc(C)cn1-2. The first-order valence-electron chi connectivity index (χ1n) is 6.03. The van der Waals surface area contributed by atoms with Gasteiger partial charge in [0.05, 0.1) is 11.4 Å². The van der Waals surface area contributed by atoms with E-state index in [2.05, 4.69) is 34.7 Å². The van der Waals surface area contributed by atoms with E-state index in [4.69, 9.17) is 4.74 Å². The lowest BCUT2D eigenvalue weighted by Crippen LogP contribution is -2.12. The molecule has 17 heavy (non-hydrogen) atoms. The van der Waals surface area contributed by atoms with Crippen LogP contribution in [0.4, 0.5) is 0 Å².